The molecular formula is C18H25N3O2. The van der Waals surface area contributed by atoms with Crippen LogP contribution in [0.2, 0.25) is 0 Å². The zero-order valence-electron chi connectivity index (χ0n) is 13.9. The third-order valence-corrected chi connectivity index (χ3v) is 4.80. The number of hydrogen-bond acceptors (Lipinski definition) is 3. The van der Waals surface area contributed by atoms with E-state index in [0.717, 1.165) is 25.8 Å². The third-order valence-electron chi connectivity index (χ3n) is 4.80. The van der Waals surface area contributed by atoms with Crippen LogP contribution in [-0.4, -0.2) is 53.8 Å². The van der Waals surface area contributed by atoms with Gasteiger partial charge in [-0.2, -0.15) is 0 Å². The first-order valence-corrected chi connectivity index (χ1v) is 8.40. The van der Waals surface area contributed by atoms with Crippen molar-refractivity contribution in [2.24, 2.45) is 0 Å². The maximum absolute atomic E-state index is 12.7. The van der Waals surface area contributed by atoms with Gasteiger partial charge in [0.1, 0.15) is 0 Å². The van der Waals surface area contributed by atoms with Gasteiger partial charge in [-0.15, -0.1) is 0 Å². The molecule has 1 heterocycles. The summed E-state index contributed by atoms with van der Waals surface area (Å²) >= 11 is 0. The molecule has 23 heavy (non-hydrogen) atoms. The highest BCUT2D eigenvalue weighted by atomic mass is 16.2. The van der Waals surface area contributed by atoms with Crippen LogP contribution in [0.5, 0.6) is 0 Å². The molecule has 2 amide bonds. The van der Waals surface area contributed by atoms with Gasteiger partial charge in [0.2, 0.25) is 11.8 Å². The van der Waals surface area contributed by atoms with Crippen LogP contribution in [0.1, 0.15) is 30.9 Å². The first-order valence-electron chi connectivity index (χ1n) is 8.40. The van der Waals surface area contributed by atoms with Gasteiger partial charge >= 0.3 is 0 Å². The molecule has 1 saturated carbocycles. The molecule has 1 aliphatic carbocycles. The summed E-state index contributed by atoms with van der Waals surface area (Å²) in [5.74, 6) is 0.111. The molecule has 0 saturated heterocycles. The number of nitrogens with one attached hydrogen (secondary N) is 1. The Bertz CT molecular complexity index is 598. The second-order valence-corrected chi connectivity index (χ2v) is 6.71. The highest BCUT2D eigenvalue weighted by molar-refractivity contribution is 5.83. The first-order chi connectivity index (χ1) is 11.0. The third kappa shape index (κ3) is 3.91. The van der Waals surface area contributed by atoms with Crippen molar-refractivity contribution in [2.45, 2.75) is 44.8 Å². The van der Waals surface area contributed by atoms with E-state index in [1.807, 2.05) is 35.9 Å². The van der Waals surface area contributed by atoms with Crippen molar-refractivity contribution in [3.8, 4) is 0 Å². The summed E-state index contributed by atoms with van der Waals surface area (Å²) in [6.07, 6.45) is 3.06. The number of fused-ring (bicyclic) bond motifs is 1. The van der Waals surface area contributed by atoms with Crippen LogP contribution in [0.25, 0.3) is 0 Å². The lowest BCUT2D eigenvalue weighted by atomic mass is 9.99. The zero-order valence-corrected chi connectivity index (χ0v) is 13.9. The summed E-state index contributed by atoms with van der Waals surface area (Å²) in [7, 11) is 1.84. The Morgan fingerprint density at radius 1 is 1.30 bits per heavy atom. The highest BCUT2D eigenvalue weighted by Crippen LogP contribution is 2.20. The minimum Gasteiger partial charge on any atom is -0.352 e. The van der Waals surface area contributed by atoms with Gasteiger partial charge in [-0.3, -0.25) is 14.5 Å². The number of nitrogens with zero attached hydrogens (tertiary/aromatic N) is 2. The molecule has 1 aromatic rings. The minimum absolute atomic E-state index is 0.0126. The van der Waals surface area contributed by atoms with E-state index < -0.39 is 0 Å². The molecule has 1 aliphatic heterocycles. The summed E-state index contributed by atoms with van der Waals surface area (Å²) < 4.78 is 0. The lowest BCUT2D eigenvalue weighted by Crippen LogP contribution is -2.49. The minimum atomic E-state index is -0.287. The van der Waals surface area contributed by atoms with Gasteiger partial charge in [-0.05, 0) is 44.4 Å². The Kier molecular flexibility index (Phi) is 4.66. The Labute approximate surface area is 137 Å². The van der Waals surface area contributed by atoms with E-state index in [1.54, 1.807) is 0 Å². The maximum Gasteiger partial charge on any atom is 0.239 e. The van der Waals surface area contributed by atoms with Gasteiger partial charge in [0.15, 0.2) is 0 Å². The van der Waals surface area contributed by atoms with E-state index in [2.05, 4.69) is 17.4 Å². The van der Waals surface area contributed by atoms with Crippen molar-refractivity contribution in [1.82, 2.24) is 15.1 Å². The molecule has 0 aromatic heterocycles. The molecule has 1 N–H and O–H groups in total. The van der Waals surface area contributed by atoms with Crippen LogP contribution in [0.4, 0.5) is 0 Å². The second-order valence-electron chi connectivity index (χ2n) is 6.71. The fraction of sp³-hybridized carbons (Fsp3) is 0.556. The van der Waals surface area contributed by atoms with Crippen molar-refractivity contribution in [2.75, 3.05) is 20.1 Å². The van der Waals surface area contributed by atoms with Gasteiger partial charge in [-0.1, -0.05) is 24.3 Å². The molecule has 1 atom stereocenters. The molecule has 0 spiro atoms. The first kappa shape index (κ1) is 16.0. The molecule has 0 unspecified atom stereocenters. The van der Waals surface area contributed by atoms with Crippen LogP contribution in [-0.2, 0) is 22.6 Å². The molecule has 5 nitrogen and oxygen atoms in total. The van der Waals surface area contributed by atoms with Crippen LogP contribution < -0.4 is 5.32 Å². The fourth-order valence-corrected chi connectivity index (χ4v) is 3.00. The summed E-state index contributed by atoms with van der Waals surface area (Å²) in [5.41, 5.74) is 2.56. The van der Waals surface area contributed by atoms with E-state index in [-0.39, 0.29) is 24.4 Å². The number of benzene rings is 1. The highest BCUT2D eigenvalue weighted by Gasteiger charge is 2.29. The van der Waals surface area contributed by atoms with Crippen molar-refractivity contribution in [1.29, 1.82) is 0 Å². The number of rotatable bonds is 5. The van der Waals surface area contributed by atoms with Gasteiger partial charge in [0, 0.05) is 19.1 Å². The number of amides is 2. The smallest absolute Gasteiger partial charge is 0.239 e. The molecule has 1 fully saturated rings. The van der Waals surface area contributed by atoms with Crippen molar-refractivity contribution < 1.29 is 9.59 Å². The summed E-state index contributed by atoms with van der Waals surface area (Å²) in [6.45, 7) is 3.57. The number of carbonyl (C=O) groups excluding carboxylic acids is 2. The largest absolute Gasteiger partial charge is 0.352 e. The standard InChI is InChI=1S/C18H25N3O2/c1-13(20(2)12-17(22)19-16-7-8-16)18(23)21-10-9-14-5-3-4-6-15(14)11-21/h3-6,13,16H,7-12H2,1-2H3,(H,19,22)/t13-/m0/s1. The lowest BCUT2D eigenvalue weighted by molar-refractivity contribution is -0.137. The van der Waals surface area contributed by atoms with Gasteiger partial charge in [-0.25, -0.2) is 0 Å². The van der Waals surface area contributed by atoms with Crippen LogP contribution in [0, 0.1) is 0 Å². The Morgan fingerprint density at radius 2 is 2.00 bits per heavy atom. The summed E-state index contributed by atoms with van der Waals surface area (Å²) in [4.78, 5) is 28.4. The molecular weight excluding hydrogens is 290 g/mol. The van der Waals surface area contributed by atoms with Gasteiger partial charge in [0.25, 0.3) is 0 Å². The van der Waals surface area contributed by atoms with E-state index >= 15 is 0 Å². The topological polar surface area (TPSA) is 52.7 Å². The van der Waals surface area contributed by atoms with Crippen LogP contribution >= 0.6 is 0 Å². The van der Waals surface area contributed by atoms with Gasteiger partial charge < -0.3 is 10.2 Å². The van der Waals surface area contributed by atoms with Crippen LogP contribution in [0.15, 0.2) is 24.3 Å². The Balaban J connectivity index is 1.55. The number of hydrogen-bond donors (Lipinski definition) is 1. The predicted octanol–water partition coefficient (Wildman–Crippen LogP) is 1.17. The SMILES string of the molecule is C[C@@H](C(=O)N1CCc2ccccc2C1)N(C)CC(=O)NC1CC1. The van der Waals surface area contributed by atoms with E-state index in [0.29, 0.717) is 12.6 Å². The van der Waals surface area contributed by atoms with E-state index in [9.17, 15) is 9.59 Å². The summed E-state index contributed by atoms with van der Waals surface area (Å²) in [5, 5.41) is 2.97. The average molecular weight is 315 g/mol. The number of likely N-dealkylation sites (N-methyl/N-ethyl adjacent to an activating group) is 1. The van der Waals surface area contributed by atoms with Crippen LogP contribution in [0.3, 0.4) is 0 Å². The molecule has 1 aromatic carbocycles. The molecule has 0 bridgehead atoms. The van der Waals surface area contributed by atoms with Crippen molar-refractivity contribution in [3.05, 3.63) is 35.4 Å². The van der Waals surface area contributed by atoms with Gasteiger partial charge in [0.05, 0.1) is 12.6 Å². The lowest BCUT2D eigenvalue weighted by Gasteiger charge is -2.33. The van der Waals surface area contributed by atoms with Crippen molar-refractivity contribution >= 4 is 11.8 Å². The Hall–Kier alpha value is -1.88. The van der Waals surface area contributed by atoms with E-state index in [1.165, 1.54) is 11.1 Å². The molecule has 2 aliphatic rings. The molecule has 0 radical (unpaired) electrons. The van der Waals surface area contributed by atoms with E-state index in [4.69, 9.17) is 0 Å². The maximum atomic E-state index is 12.7. The zero-order chi connectivity index (χ0) is 16.4. The normalized spacial score (nSPS) is 18.5. The monoisotopic (exact) mass is 315 g/mol. The summed E-state index contributed by atoms with van der Waals surface area (Å²) in [6, 6.07) is 8.36. The quantitative estimate of drug-likeness (QED) is 0.887. The fourth-order valence-electron chi connectivity index (χ4n) is 3.00. The molecule has 3 rings (SSSR count). The predicted molar refractivity (Wildman–Crippen MR) is 88.8 cm³/mol. The average Bonchev–Trinajstić information content (AvgIpc) is 3.36. The number of carbonyl (C=O) groups is 2. The van der Waals surface area contributed by atoms with Crippen molar-refractivity contribution in [3.63, 3.8) is 0 Å². The molecule has 5 heteroatoms. The second kappa shape index (κ2) is 6.71. The molecule has 124 valence electrons. The Morgan fingerprint density at radius 3 is 2.70 bits per heavy atom.